The number of carbonyl (C=O) groups excluding carboxylic acids is 1. The second-order valence-corrected chi connectivity index (χ2v) is 9.61. The number of benzene rings is 2. The van der Waals surface area contributed by atoms with Crippen LogP contribution in [-0.2, 0) is 24.2 Å². The fourth-order valence-electron chi connectivity index (χ4n) is 4.56. The van der Waals surface area contributed by atoms with E-state index in [1.807, 2.05) is 12.1 Å². The van der Waals surface area contributed by atoms with E-state index in [0.29, 0.717) is 17.8 Å². The van der Waals surface area contributed by atoms with E-state index in [0.717, 1.165) is 43.2 Å². The average Bonchev–Trinajstić information content (AvgIpc) is 3.18. The minimum absolute atomic E-state index is 0.205. The first-order valence-electron chi connectivity index (χ1n) is 11.6. The van der Waals surface area contributed by atoms with Crippen molar-refractivity contribution in [1.29, 1.82) is 0 Å². The van der Waals surface area contributed by atoms with Gasteiger partial charge in [-0.15, -0.1) is 10.2 Å². The van der Waals surface area contributed by atoms with Crippen LogP contribution >= 0.6 is 11.8 Å². The number of hydrogen-bond donors (Lipinski definition) is 0. The summed E-state index contributed by atoms with van der Waals surface area (Å²) in [6.07, 6.45) is 5.03. The highest BCUT2D eigenvalue weighted by atomic mass is 32.2. The summed E-state index contributed by atoms with van der Waals surface area (Å²) in [5, 5.41) is 9.83. The number of aromatic nitrogens is 3. The van der Waals surface area contributed by atoms with Gasteiger partial charge >= 0.3 is 0 Å². The number of carbonyl (C=O) groups is 1. The fourth-order valence-corrected chi connectivity index (χ4v) is 5.41. The summed E-state index contributed by atoms with van der Waals surface area (Å²) in [5.74, 6) is 1.56. The number of aryl methyl sites for hydroxylation is 1. The molecule has 168 valence electrons. The second-order valence-electron chi connectivity index (χ2n) is 8.67. The van der Waals surface area contributed by atoms with E-state index < -0.39 is 0 Å². The topological polar surface area (TPSA) is 51.0 Å². The Labute approximate surface area is 195 Å². The van der Waals surface area contributed by atoms with Gasteiger partial charge in [-0.25, -0.2) is 0 Å². The van der Waals surface area contributed by atoms with Crippen LogP contribution in [-0.4, -0.2) is 43.4 Å². The standard InChI is InChI=1S/C26H32N4OS/c1-20-10-9-11-21(2)30(20)25(31)19-32-26-28-27-24(18-23-14-7-4-8-15-23)29(26)17-16-22-12-5-3-6-13-22/h3-8,12-15,20-21H,9-11,16-19H2,1-2H3/t20-,21-/m0/s1. The molecule has 0 spiro atoms. The molecular weight excluding hydrogens is 416 g/mol. The summed E-state index contributed by atoms with van der Waals surface area (Å²) in [5.41, 5.74) is 2.50. The maximum absolute atomic E-state index is 13.0. The molecule has 4 rings (SSSR count). The van der Waals surface area contributed by atoms with Crippen LogP contribution in [0.5, 0.6) is 0 Å². The van der Waals surface area contributed by atoms with E-state index in [9.17, 15) is 4.79 Å². The molecule has 1 aliphatic rings. The average molecular weight is 449 g/mol. The minimum Gasteiger partial charge on any atom is -0.337 e. The van der Waals surface area contributed by atoms with Crippen molar-refractivity contribution in [3.8, 4) is 0 Å². The Kier molecular flexibility index (Phi) is 7.63. The fraction of sp³-hybridized carbons (Fsp3) is 0.423. The van der Waals surface area contributed by atoms with Gasteiger partial charge in [-0.2, -0.15) is 0 Å². The van der Waals surface area contributed by atoms with Gasteiger partial charge in [0.05, 0.1) is 5.75 Å². The van der Waals surface area contributed by atoms with Crippen LogP contribution in [0.25, 0.3) is 0 Å². The largest absolute Gasteiger partial charge is 0.337 e. The van der Waals surface area contributed by atoms with Crippen molar-refractivity contribution in [1.82, 2.24) is 19.7 Å². The Hall–Kier alpha value is -2.60. The molecule has 0 radical (unpaired) electrons. The highest BCUT2D eigenvalue weighted by molar-refractivity contribution is 7.99. The van der Waals surface area contributed by atoms with Crippen LogP contribution in [0.4, 0.5) is 0 Å². The predicted molar refractivity (Wildman–Crippen MR) is 130 cm³/mol. The maximum atomic E-state index is 13.0. The van der Waals surface area contributed by atoms with Crippen molar-refractivity contribution in [2.24, 2.45) is 0 Å². The van der Waals surface area contributed by atoms with E-state index in [4.69, 9.17) is 0 Å². The number of likely N-dealkylation sites (tertiary alicyclic amines) is 1. The lowest BCUT2D eigenvalue weighted by atomic mass is 9.98. The highest BCUT2D eigenvalue weighted by Crippen LogP contribution is 2.25. The maximum Gasteiger partial charge on any atom is 0.233 e. The summed E-state index contributed by atoms with van der Waals surface area (Å²) < 4.78 is 2.20. The van der Waals surface area contributed by atoms with Gasteiger partial charge in [0.25, 0.3) is 0 Å². The van der Waals surface area contributed by atoms with Gasteiger partial charge in [0.2, 0.25) is 5.91 Å². The molecule has 5 nitrogen and oxygen atoms in total. The van der Waals surface area contributed by atoms with Gasteiger partial charge in [0.15, 0.2) is 5.16 Å². The molecule has 6 heteroatoms. The van der Waals surface area contributed by atoms with Crippen LogP contribution in [0.2, 0.25) is 0 Å². The predicted octanol–water partition coefficient (Wildman–Crippen LogP) is 4.99. The first-order valence-corrected chi connectivity index (χ1v) is 12.5. The summed E-state index contributed by atoms with van der Waals surface area (Å²) in [4.78, 5) is 15.1. The first-order chi connectivity index (χ1) is 15.6. The third-order valence-electron chi connectivity index (χ3n) is 6.27. The smallest absolute Gasteiger partial charge is 0.233 e. The van der Waals surface area contributed by atoms with Gasteiger partial charge < -0.3 is 9.47 Å². The third kappa shape index (κ3) is 5.60. The molecule has 0 N–H and O–H groups in total. The first kappa shape index (κ1) is 22.6. The number of nitrogens with zero attached hydrogens (tertiary/aromatic N) is 4. The number of thioether (sulfide) groups is 1. The number of piperidine rings is 1. The quantitative estimate of drug-likeness (QED) is 0.456. The summed E-state index contributed by atoms with van der Waals surface area (Å²) in [6.45, 7) is 5.13. The normalized spacial score (nSPS) is 18.6. The Morgan fingerprint density at radius 1 is 0.938 bits per heavy atom. The zero-order valence-corrected chi connectivity index (χ0v) is 19.8. The lowest BCUT2D eigenvalue weighted by Gasteiger charge is -2.39. The number of rotatable bonds is 8. The molecule has 2 aromatic carbocycles. The molecule has 3 aromatic rings. The summed E-state index contributed by atoms with van der Waals surface area (Å²) >= 11 is 1.52. The summed E-state index contributed by atoms with van der Waals surface area (Å²) in [6, 6.07) is 21.5. The van der Waals surface area contributed by atoms with Crippen molar-refractivity contribution < 1.29 is 4.79 Å². The molecule has 32 heavy (non-hydrogen) atoms. The third-order valence-corrected chi connectivity index (χ3v) is 7.22. The van der Waals surface area contributed by atoms with Crippen LogP contribution in [0, 0.1) is 0 Å². The van der Waals surface area contributed by atoms with Gasteiger partial charge in [-0.3, -0.25) is 4.79 Å². The Morgan fingerprint density at radius 3 is 2.22 bits per heavy atom. The van der Waals surface area contributed by atoms with Crippen LogP contribution in [0.15, 0.2) is 65.8 Å². The molecule has 0 unspecified atom stereocenters. The molecule has 1 aromatic heterocycles. The van der Waals surface area contributed by atoms with Crippen molar-refractivity contribution in [3.05, 3.63) is 77.6 Å². The molecule has 2 atom stereocenters. The van der Waals surface area contributed by atoms with Crippen LogP contribution in [0.1, 0.15) is 50.1 Å². The molecule has 1 aliphatic heterocycles. The van der Waals surface area contributed by atoms with Gasteiger partial charge in [0, 0.05) is 25.0 Å². The molecule has 1 saturated heterocycles. The molecule has 0 aliphatic carbocycles. The van der Waals surface area contributed by atoms with E-state index in [2.05, 4.69) is 82.0 Å². The second kappa shape index (κ2) is 10.8. The van der Waals surface area contributed by atoms with Gasteiger partial charge in [-0.1, -0.05) is 72.4 Å². The lowest BCUT2D eigenvalue weighted by molar-refractivity contribution is -0.134. The number of amides is 1. The minimum atomic E-state index is 0.205. The monoisotopic (exact) mass is 448 g/mol. The van der Waals surface area contributed by atoms with Crippen LogP contribution < -0.4 is 0 Å². The van der Waals surface area contributed by atoms with Crippen molar-refractivity contribution >= 4 is 17.7 Å². The van der Waals surface area contributed by atoms with Crippen LogP contribution in [0.3, 0.4) is 0 Å². The molecule has 0 bridgehead atoms. The van der Waals surface area contributed by atoms with E-state index in [1.54, 1.807) is 0 Å². The SMILES string of the molecule is C[C@H]1CCC[C@H](C)N1C(=O)CSc1nnc(Cc2ccccc2)n1CCc1ccccc1. The number of hydrogen-bond acceptors (Lipinski definition) is 4. The Bertz CT molecular complexity index is 995. The molecule has 2 heterocycles. The molecule has 1 fully saturated rings. The zero-order valence-electron chi connectivity index (χ0n) is 19.0. The van der Waals surface area contributed by atoms with Crippen molar-refractivity contribution in [2.45, 2.75) is 69.7 Å². The Morgan fingerprint density at radius 2 is 1.56 bits per heavy atom. The Balaban J connectivity index is 1.49. The van der Waals surface area contributed by atoms with Gasteiger partial charge in [0.1, 0.15) is 5.82 Å². The lowest BCUT2D eigenvalue weighted by Crippen LogP contribution is -2.48. The molecule has 1 amide bonds. The highest BCUT2D eigenvalue weighted by Gasteiger charge is 2.29. The molecular formula is C26H32N4OS. The molecule has 0 saturated carbocycles. The van der Waals surface area contributed by atoms with Crippen molar-refractivity contribution in [3.63, 3.8) is 0 Å². The van der Waals surface area contributed by atoms with E-state index in [1.165, 1.54) is 29.3 Å². The van der Waals surface area contributed by atoms with Gasteiger partial charge in [-0.05, 0) is 50.7 Å². The van der Waals surface area contributed by atoms with Crippen molar-refractivity contribution in [2.75, 3.05) is 5.75 Å². The van der Waals surface area contributed by atoms with E-state index in [-0.39, 0.29) is 5.91 Å². The van der Waals surface area contributed by atoms with E-state index >= 15 is 0 Å². The zero-order chi connectivity index (χ0) is 22.3. The summed E-state index contributed by atoms with van der Waals surface area (Å²) in [7, 11) is 0.